The van der Waals surface area contributed by atoms with Crippen LogP contribution in [0, 0.1) is 0 Å². The molecule has 0 aliphatic heterocycles. The highest BCUT2D eigenvalue weighted by molar-refractivity contribution is 7.91. The first-order valence-corrected chi connectivity index (χ1v) is 10.9. The van der Waals surface area contributed by atoms with E-state index in [9.17, 15) is 8.42 Å². The molecule has 0 aliphatic carbocycles. The zero-order valence-electron chi connectivity index (χ0n) is 14.9. The van der Waals surface area contributed by atoms with Gasteiger partial charge in [-0.25, -0.2) is 8.42 Å². The number of sulfone groups is 1. The maximum absolute atomic E-state index is 13.2. The summed E-state index contributed by atoms with van der Waals surface area (Å²) in [6.07, 6.45) is 0. The van der Waals surface area contributed by atoms with Crippen molar-refractivity contribution in [3.8, 4) is 0 Å². The van der Waals surface area contributed by atoms with Gasteiger partial charge in [0.1, 0.15) is 0 Å². The summed E-state index contributed by atoms with van der Waals surface area (Å²) in [4.78, 5) is 0.216. The van der Waals surface area contributed by atoms with E-state index in [0.717, 1.165) is 5.56 Å². The smallest absolute Gasteiger partial charge is 0.203 e. The van der Waals surface area contributed by atoms with Crippen LogP contribution in [0.2, 0.25) is 5.02 Å². The molecule has 28 heavy (non-hydrogen) atoms. The quantitative estimate of drug-likeness (QED) is 0.565. The molecule has 1 atom stereocenters. The Morgan fingerprint density at radius 3 is 2.07 bits per heavy atom. The van der Waals surface area contributed by atoms with Crippen LogP contribution < -0.4 is 10.6 Å². The number of hydrogen-bond donors (Lipinski definition) is 2. The van der Waals surface area contributed by atoms with Crippen LogP contribution in [0.1, 0.15) is 16.5 Å². The summed E-state index contributed by atoms with van der Waals surface area (Å²) < 4.78 is 26.5. The SMILES string of the molecule is O=S(=O)(c1ccccc1)C(NC(=S)NCc1ccccc1)c1ccc(Cl)cc1. The molecule has 3 rings (SSSR count). The summed E-state index contributed by atoms with van der Waals surface area (Å²) in [5, 5.41) is 5.76. The molecule has 0 amide bonds. The van der Waals surface area contributed by atoms with Crippen molar-refractivity contribution in [2.45, 2.75) is 16.8 Å². The maximum Gasteiger partial charge on any atom is 0.203 e. The normalized spacial score (nSPS) is 12.2. The Labute approximate surface area is 175 Å². The lowest BCUT2D eigenvalue weighted by atomic mass is 10.2. The minimum absolute atomic E-state index is 0.216. The number of benzene rings is 3. The van der Waals surface area contributed by atoms with Crippen LogP contribution in [0.5, 0.6) is 0 Å². The Bertz CT molecular complexity index is 1030. The van der Waals surface area contributed by atoms with Gasteiger partial charge < -0.3 is 10.6 Å². The average molecular weight is 431 g/mol. The second-order valence-corrected chi connectivity index (χ2v) is 8.98. The predicted molar refractivity (Wildman–Crippen MR) is 117 cm³/mol. The topological polar surface area (TPSA) is 58.2 Å². The van der Waals surface area contributed by atoms with E-state index < -0.39 is 15.2 Å². The summed E-state index contributed by atoms with van der Waals surface area (Å²) in [6.45, 7) is 0.491. The molecule has 0 bridgehead atoms. The zero-order chi connectivity index (χ0) is 20.0. The van der Waals surface area contributed by atoms with E-state index in [0.29, 0.717) is 17.1 Å². The van der Waals surface area contributed by atoms with Gasteiger partial charge in [0.15, 0.2) is 10.5 Å². The molecule has 0 aliphatic rings. The van der Waals surface area contributed by atoms with E-state index in [2.05, 4.69) is 10.6 Å². The molecular weight excluding hydrogens is 412 g/mol. The van der Waals surface area contributed by atoms with Gasteiger partial charge in [-0.1, -0.05) is 72.3 Å². The van der Waals surface area contributed by atoms with Crippen molar-refractivity contribution in [3.63, 3.8) is 0 Å². The van der Waals surface area contributed by atoms with E-state index in [-0.39, 0.29) is 10.0 Å². The first-order valence-electron chi connectivity index (χ1n) is 8.59. The van der Waals surface area contributed by atoms with E-state index in [1.165, 1.54) is 0 Å². The van der Waals surface area contributed by atoms with Crippen molar-refractivity contribution in [2.75, 3.05) is 0 Å². The molecule has 0 spiro atoms. The van der Waals surface area contributed by atoms with Gasteiger partial charge in [0.25, 0.3) is 0 Å². The molecule has 3 aromatic carbocycles. The van der Waals surface area contributed by atoms with Gasteiger partial charge >= 0.3 is 0 Å². The molecule has 0 saturated heterocycles. The van der Waals surface area contributed by atoms with Gasteiger partial charge in [-0.3, -0.25) is 0 Å². The van der Waals surface area contributed by atoms with E-state index in [4.69, 9.17) is 23.8 Å². The number of halogens is 1. The number of rotatable bonds is 6. The van der Waals surface area contributed by atoms with Crippen molar-refractivity contribution >= 4 is 38.8 Å². The lowest BCUT2D eigenvalue weighted by Gasteiger charge is -2.22. The largest absolute Gasteiger partial charge is 0.359 e. The van der Waals surface area contributed by atoms with Gasteiger partial charge in [-0.15, -0.1) is 0 Å². The molecular formula is C21H19ClN2O2S2. The molecule has 3 aromatic rings. The third-order valence-corrected chi connectivity index (χ3v) is 6.57. The van der Waals surface area contributed by atoms with Crippen LogP contribution in [0.4, 0.5) is 0 Å². The monoisotopic (exact) mass is 430 g/mol. The Morgan fingerprint density at radius 1 is 0.893 bits per heavy atom. The molecule has 7 heteroatoms. The Balaban J connectivity index is 1.84. The number of nitrogens with one attached hydrogen (secondary N) is 2. The van der Waals surface area contributed by atoms with Gasteiger partial charge in [0.2, 0.25) is 9.84 Å². The van der Waals surface area contributed by atoms with Crippen LogP contribution in [0.3, 0.4) is 0 Å². The summed E-state index contributed by atoms with van der Waals surface area (Å²) in [6, 6.07) is 24.7. The Kier molecular flexibility index (Phi) is 6.67. The van der Waals surface area contributed by atoms with Crippen molar-refractivity contribution in [3.05, 3.63) is 101 Å². The molecule has 0 fully saturated rings. The fraction of sp³-hybridized carbons (Fsp3) is 0.0952. The average Bonchev–Trinajstić information content (AvgIpc) is 2.72. The van der Waals surface area contributed by atoms with Crippen molar-refractivity contribution < 1.29 is 8.42 Å². The highest BCUT2D eigenvalue weighted by Crippen LogP contribution is 2.27. The van der Waals surface area contributed by atoms with E-state index in [1.54, 1.807) is 54.6 Å². The maximum atomic E-state index is 13.2. The van der Waals surface area contributed by atoms with Crippen molar-refractivity contribution in [1.29, 1.82) is 0 Å². The first kappa shape index (κ1) is 20.3. The fourth-order valence-corrected chi connectivity index (χ4v) is 4.66. The van der Waals surface area contributed by atoms with E-state index >= 15 is 0 Å². The molecule has 0 aromatic heterocycles. The molecule has 1 unspecified atom stereocenters. The molecule has 0 heterocycles. The minimum Gasteiger partial charge on any atom is -0.359 e. The predicted octanol–water partition coefficient (Wildman–Crippen LogP) is 4.48. The second-order valence-electron chi connectivity index (χ2n) is 6.10. The standard InChI is InChI=1S/C21H19ClN2O2S2/c22-18-13-11-17(12-14-18)20(28(25,26)19-9-5-2-6-10-19)24-21(27)23-15-16-7-3-1-4-8-16/h1-14,20H,15H2,(H2,23,24,27). The summed E-state index contributed by atoms with van der Waals surface area (Å²) >= 11 is 11.3. The van der Waals surface area contributed by atoms with Crippen LogP contribution >= 0.6 is 23.8 Å². The van der Waals surface area contributed by atoms with Crippen LogP contribution in [-0.2, 0) is 16.4 Å². The van der Waals surface area contributed by atoms with Crippen molar-refractivity contribution in [1.82, 2.24) is 10.6 Å². The number of thiocarbonyl (C=S) groups is 1. The zero-order valence-corrected chi connectivity index (χ0v) is 17.3. The third-order valence-electron chi connectivity index (χ3n) is 4.11. The Morgan fingerprint density at radius 2 is 1.46 bits per heavy atom. The fourth-order valence-electron chi connectivity index (χ4n) is 2.67. The van der Waals surface area contributed by atoms with Crippen LogP contribution in [-0.4, -0.2) is 13.5 Å². The van der Waals surface area contributed by atoms with Crippen LogP contribution in [0.25, 0.3) is 0 Å². The van der Waals surface area contributed by atoms with Gasteiger partial charge in [0, 0.05) is 11.6 Å². The van der Waals surface area contributed by atoms with Gasteiger partial charge in [0.05, 0.1) is 4.90 Å². The lowest BCUT2D eigenvalue weighted by molar-refractivity contribution is 0.576. The molecule has 0 saturated carbocycles. The summed E-state index contributed by atoms with van der Waals surface area (Å²) in [5.41, 5.74) is 1.60. The summed E-state index contributed by atoms with van der Waals surface area (Å²) in [5.74, 6) is 0. The lowest BCUT2D eigenvalue weighted by Crippen LogP contribution is -2.40. The van der Waals surface area contributed by atoms with Gasteiger partial charge in [-0.05, 0) is 47.6 Å². The molecule has 4 nitrogen and oxygen atoms in total. The summed E-state index contributed by atoms with van der Waals surface area (Å²) in [7, 11) is -3.73. The first-order chi connectivity index (χ1) is 13.5. The van der Waals surface area contributed by atoms with Crippen LogP contribution in [0.15, 0.2) is 89.8 Å². The highest BCUT2D eigenvalue weighted by Gasteiger charge is 2.29. The van der Waals surface area contributed by atoms with Gasteiger partial charge in [-0.2, -0.15) is 0 Å². The number of hydrogen-bond acceptors (Lipinski definition) is 3. The highest BCUT2D eigenvalue weighted by atomic mass is 35.5. The third kappa shape index (κ3) is 5.10. The molecule has 0 radical (unpaired) electrons. The van der Waals surface area contributed by atoms with E-state index in [1.807, 2.05) is 30.3 Å². The second kappa shape index (κ2) is 9.19. The Hall–Kier alpha value is -2.41. The molecule has 144 valence electrons. The molecule has 2 N–H and O–H groups in total. The minimum atomic E-state index is -3.73. The van der Waals surface area contributed by atoms with Crippen molar-refractivity contribution in [2.24, 2.45) is 0 Å².